The number of anilines is 3. The number of methoxy groups -OCH3 is 1. The summed E-state index contributed by atoms with van der Waals surface area (Å²) in [6.45, 7) is 0. The molecule has 0 aliphatic heterocycles. The van der Waals surface area contributed by atoms with Gasteiger partial charge in [0.25, 0.3) is 0 Å². The van der Waals surface area contributed by atoms with Gasteiger partial charge in [-0.2, -0.15) is 0 Å². The van der Waals surface area contributed by atoms with Gasteiger partial charge in [-0.25, -0.2) is 13.6 Å². The maximum atomic E-state index is 11.3. The van der Waals surface area contributed by atoms with Crippen LogP contribution in [0.1, 0.15) is 0 Å². The molecule has 21 heavy (non-hydrogen) atoms. The van der Waals surface area contributed by atoms with Gasteiger partial charge in [0.2, 0.25) is 10.0 Å². The topological polar surface area (TPSA) is 107 Å². The number of hydrogen-bond acceptors (Lipinski definition) is 5. The van der Waals surface area contributed by atoms with E-state index in [1.165, 1.54) is 12.1 Å². The standard InChI is InChI=1S/C13H14BrN3O3S/c1-20-12-7-9(2-4-10(12)14)17-8-3-5-13(11(15)6-8)21(16,18)19/h2-7,17H,15H2,1H3,(H2,16,18,19). The van der Waals surface area contributed by atoms with Crippen molar-refractivity contribution in [2.45, 2.75) is 4.90 Å². The van der Waals surface area contributed by atoms with Crippen molar-refractivity contribution in [3.05, 3.63) is 40.9 Å². The van der Waals surface area contributed by atoms with Crippen molar-refractivity contribution in [1.82, 2.24) is 0 Å². The van der Waals surface area contributed by atoms with Crippen LogP contribution in [0.25, 0.3) is 0 Å². The fourth-order valence-electron chi connectivity index (χ4n) is 1.79. The molecule has 0 fully saturated rings. The van der Waals surface area contributed by atoms with E-state index < -0.39 is 10.0 Å². The highest BCUT2D eigenvalue weighted by Gasteiger charge is 2.12. The van der Waals surface area contributed by atoms with E-state index in [2.05, 4.69) is 21.2 Å². The third-order valence-corrected chi connectivity index (χ3v) is 4.40. The molecule has 0 radical (unpaired) electrons. The second-order valence-electron chi connectivity index (χ2n) is 4.27. The predicted octanol–water partition coefficient (Wildman–Crippen LogP) is 2.43. The Bertz CT molecular complexity index is 778. The molecular weight excluding hydrogens is 358 g/mol. The Hall–Kier alpha value is -1.77. The molecule has 2 aromatic rings. The SMILES string of the molecule is COc1cc(Nc2ccc(S(N)(=O)=O)c(N)c2)ccc1Br. The number of rotatable bonds is 4. The molecule has 0 aliphatic rings. The fourth-order valence-corrected chi connectivity index (χ4v) is 2.84. The lowest BCUT2D eigenvalue weighted by Crippen LogP contribution is -2.14. The van der Waals surface area contributed by atoms with Crippen LogP contribution in [-0.2, 0) is 10.0 Å². The Kier molecular flexibility index (Phi) is 4.40. The summed E-state index contributed by atoms with van der Waals surface area (Å²) >= 11 is 3.37. The molecule has 0 amide bonds. The lowest BCUT2D eigenvalue weighted by atomic mass is 10.2. The highest BCUT2D eigenvalue weighted by Crippen LogP contribution is 2.30. The maximum Gasteiger partial charge on any atom is 0.240 e. The number of ether oxygens (including phenoxy) is 1. The second kappa shape index (κ2) is 5.92. The maximum absolute atomic E-state index is 11.3. The Morgan fingerprint density at radius 3 is 2.33 bits per heavy atom. The van der Waals surface area contributed by atoms with Crippen molar-refractivity contribution in [2.24, 2.45) is 5.14 Å². The minimum atomic E-state index is -3.82. The molecule has 112 valence electrons. The van der Waals surface area contributed by atoms with E-state index in [1.807, 2.05) is 12.1 Å². The monoisotopic (exact) mass is 371 g/mol. The van der Waals surface area contributed by atoms with Gasteiger partial charge in [-0.3, -0.25) is 0 Å². The van der Waals surface area contributed by atoms with Crippen LogP contribution in [0, 0.1) is 0 Å². The quantitative estimate of drug-likeness (QED) is 0.715. The zero-order valence-electron chi connectivity index (χ0n) is 11.1. The molecule has 0 unspecified atom stereocenters. The number of hydrogen-bond donors (Lipinski definition) is 3. The minimum Gasteiger partial charge on any atom is -0.495 e. The summed E-state index contributed by atoms with van der Waals surface area (Å²) in [5.41, 5.74) is 7.22. The summed E-state index contributed by atoms with van der Waals surface area (Å²) in [5.74, 6) is 0.675. The molecule has 0 aromatic heterocycles. The van der Waals surface area contributed by atoms with Gasteiger partial charge in [-0.05, 0) is 46.3 Å². The van der Waals surface area contributed by atoms with Crippen molar-refractivity contribution in [2.75, 3.05) is 18.2 Å². The second-order valence-corrected chi connectivity index (χ2v) is 6.66. The molecule has 5 N–H and O–H groups in total. The van der Waals surface area contributed by atoms with Crippen molar-refractivity contribution in [3.8, 4) is 5.75 Å². The zero-order chi connectivity index (χ0) is 15.6. The number of primary sulfonamides is 1. The molecule has 0 spiro atoms. The molecule has 0 atom stereocenters. The summed E-state index contributed by atoms with van der Waals surface area (Å²) in [6.07, 6.45) is 0. The Morgan fingerprint density at radius 2 is 1.76 bits per heavy atom. The van der Waals surface area contributed by atoms with Crippen LogP contribution in [0.4, 0.5) is 17.1 Å². The number of nitrogen functional groups attached to an aromatic ring is 1. The van der Waals surface area contributed by atoms with Crippen LogP contribution >= 0.6 is 15.9 Å². The Balaban J connectivity index is 2.31. The smallest absolute Gasteiger partial charge is 0.240 e. The first-order chi connectivity index (χ1) is 9.81. The molecule has 6 nitrogen and oxygen atoms in total. The summed E-state index contributed by atoms with van der Waals surface area (Å²) in [4.78, 5) is -0.0959. The normalized spacial score (nSPS) is 11.2. The molecule has 8 heteroatoms. The summed E-state index contributed by atoms with van der Waals surface area (Å²) < 4.78 is 28.6. The van der Waals surface area contributed by atoms with Gasteiger partial charge >= 0.3 is 0 Å². The number of benzene rings is 2. The van der Waals surface area contributed by atoms with Gasteiger partial charge in [0.1, 0.15) is 10.6 Å². The van der Waals surface area contributed by atoms with Gasteiger partial charge in [-0.15, -0.1) is 0 Å². The lowest BCUT2D eigenvalue weighted by Gasteiger charge is -2.11. The van der Waals surface area contributed by atoms with E-state index in [-0.39, 0.29) is 10.6 Å². The highest BCUT2D eigenvalue weighted by molar-refractivity contribution is 9.10. The molecule has 0 aliphatic carbocycles. The third-order valence-electron chi connectivity index (χ3n) is 2.76. The number of halogens is 1. The summed E-state index contributed by atoms with van der Waals surface area (Å²) in [7, 11) is -2.25. The molecular formula is C13H14BrN3O3S. The van der Waals surface area contributed by atoms with Crippen LogP contribution in [0.3, 0.4) is 0 Å². The summed E-state index contributed by atoms with van der Waals surface area (Å²) in [5, 5.41) is 8.17. The Labute approximate surface area is 131 Å². The number of nitrogens with one attached hydrogen (secondary N) is 1. The van der Waals surface area contributed by atoms with Gasteiger partial charge < -0.3 is 15.8 Å². The van der Waals surface area contributed by atoms with E-state index in [1.54, 1.807) is 19.2 Å². The zero-order valence-corrected chi connectivity index (χ0v) is 13.5. The van der Waals surface area contributed by atoms with Crippen molar-refractivity contribution >= 4 is 43.0 Å². The van der Waals surface area contributed by atoms with E-state index >= 15 is 0 Å². The van der Waals surface area contributed by atoms with Crippen LogP contribution < -0.4 is 20.9 Å². The van der Waals surface area contributed by atoms with E-state index in [0.29, 0.717) is 11.4 Å². The van der Waals surface area contributed by atoms with E-state index in [0.717, 1.165) is 10.2 Å². The summed E-state index contributed by atoms with van der Waals surface area (Å²) in [6, 6.07) is 9.94. The van der Waals surface area contributed by atoms with E-state index in [4.69, 9.17) is 15.6 Å². The van der Waals surface area contributed by atoms with Crippen LogP contribution in [0.5, 0.6) is 5.75 Å². The van der Waals surface area contributed by atoms with Gasteiger partial charge in [0.15, 0.2) is 0 Å². The van der Waals surface area contributed by atoms with Crippen LogP contribution in [0.15, 0.2) is 45.8 Å². The van der Waals surface area contributed by atoms with Crippen molar-refractivity contribution in [3.63, 3.8) is 0 Å². The molecule has 0 saturated heterocycles. The Morgan fingerprint density at radius 1 is 1.14 bits per heavy atom. The average Bonchev–Trinajstić information content (AvgIpc) is 2.39. The van der Waals surface area contributed by atoms with Gasteiger partial charge in [0, 0.05) is 17.4 Å². The first-order valence-electron chi connectivity index (χ1n) is 5.84. The fraction of sp³-hybridized carbons (Fsp3) is 0.0769. The lowest BCUT2D eigenvalue weighted by molar-refractivity contribution is 0.412. The predicted molar refractivity (Wildman–Crippen MR) is 86.2 cm³/mol. The number of nitrogens with two attached hydrogens (primary N) is 2. The van der Waals surface area contributed by atoms with E-state index in [9.17, 15) is 8.42 Å². The van der Waals surface area contributed by atoms with Crippen molar-refractivity contribution < 1.29 is 13.2 Å². The molecule has 0 saturated carbocycles. The first-order valence-corrected chi connectivity index (χ1v) is 8.18. The van der Waals surface area contributed by atoms with Crippen LogP contribution in [0.2, 0.25) is 0 Å². The highest BCUT2D eigenvalue weighted by atomic mass is 79.9. The first kappa shape index (κ1) is 15.6. The molecule has 0 bridgehead atoms. The third kappa shape index (κ3) is 3.66. The van der Waals surface area contributed by atoms with Crippen molar-refractivity contribution in [1.29, 1.82) is 0 Å². The molecule has 2 aromatic carbocycles. The van der Waals surface area contributed by atoms with Gasteiger partial charge in [0.05, 0.1) is 17.3 Å². The van der Waals surface area contributed by atoms with Crippen LogP contribution in [-0.4, -0.2) is 15.5 Å². The number of sulfonamides is 1. The minimum absolute atomic E-state index is 0.0894. The molecule has 0 heterocycles. The average molecular weight is 372 g/mol. The van der Waals surface area contributed by atoms with Gasteiger partial charge in [-0.1, -0.05) is 0 Å². The largest absolute Gasteiger partial charge is 0.495 e. The molecule has 2 rings (SSSR count).